The number of nitrogens with zero attached hydrogens (tertiary/aromatic N) is 3. The van der Waals surface area contributed by atoms with Crippen LogP contribution in [0.3, 0.4) is 0 Å². The van der Waals surface area contributed by atoms with Gasteiger partial charge in [0.2, 0.25) is 0 Å². The number of anilines is 3. The van der Waals surface area contributed by atoms with Crippen molar-refractivity contribution in [3.05, 3.63) is 41.7 Å². The third kappa shape index (κ3) is 3.02. The van der Waals surface area contributed by atoms with Crippen LogP contribution < -0.4 is 10.2 Å². The molecule has 4 heteroatoms. The third-order valence-corrected chi connectivity index (χ3v) is 3.02. The van der Waals surface area contributed by atoms with Crippen LogP contribution in [0.5, 0.6) is 0 Å². The Labute approximate surface area is 114 Å². The molecule has 1 aromatic carbocycles. The average Bonchev–Trinajstić information content (AvgIpc) is 2.41. The number of hydrogen-bond donors (Lipinski definition) is 1. The molecule has 19 heavy (non-hydrogen) atoms. The first kappa shape index (κ1) is 13.3. The molecule has 0 bridgehead atoms. The van der Waals surface area contributed by atoms with E-state index < -0.39 is 0 Å². The summed E-state index contributed by atoms with van der Waals surface area (Å²) in [6.07, 6.45) is 0. The zero-order valence-corrected chi connectivity index (χ0v) is 11.9. The molecule has 2 rings (SSSR count). The fraction of sp³-hybridized carbons (Fsp3) is 0.333. The van der Waals surface area contributed by atoms with Gasteiger partial charge >= 0.3 is 0 Å². The lowest BCUT2D eigenvalue weighted by atomic mass is 10.2. The molecule has 0 aliphatic rings. The van der Waals surface area contributed by atoms with E-state index >= 15 is 0 Å². The lowest BCUT2D eigenvalue weighted by molar-refractivity contribution is 0.952. The van der Waals surface area contributed by atoms with E-state index in [9.17, 15) is 0 Å². The lowest BCUT2D eigenvalue weighted by Gasteiger charge is -2.23. The van der Waals surface area contributed by atoms with Crippen LogP contribution in [0, 0.1) is 13.8 Å². The molecule has 0 saturated heterocycles. The molecule has 1 aromatic heterocycles. The van der Waals surface area contributed by atoms with Crippen LogP contribution in [0.1, 0.15) is 18.3 Å². The molecule has 2 aromatic rings. The number of benzene rings is 1. The molecular weight excluding hydrogens is 236 g/mol. The SMILES string of the molecule is CCN(c1ccc(C)cc1)c1cc(NC)nc(C)n1. The largest absolute Gasteiger partial charge is 0.373 e. The van der Waals surface area contributed by atoms with Gasteiger partial charge in [-0.05, 0) is 32.9 Å². The van der Waals surface area contributed by atoms with E-state index in [2.05, 4.69) is 58.3 Å². The molecule has 0 unspecified atom stereocenters. The van der Waals surface area contributed by atoms with Crippen molar-refractivity contribution in [2.45, 2.75) is 20.8 Å². The molecule has 100 valence electrons. The van der Waals surface area contributed by atoms with Gasteiger partial charge in [-0.1, -0.05) is 17.7 Å². The summed E-state index contributed by atoms with van der Waals surface area (Å²) < 4.78 is 0. The Morgan fingerprint density at radius 1 is 1.11 bits per heavy atom. The van der Waals surface area contributed by atoms with Crippen LogP contribution >= 0.6 is 0 Å². The van der Waals surface area contributed by atoms with Crippen molar-refractivity contribution >= 4 is 17.3 Å². The molecule has 0 spiro atoms. The summed E-state index contributed by atoms with van der Waals surface area (Å²) in [5.74, 6) is 2.53. The first-order valence-corrected chi connectivity index (χ1v) is 6.51. The Bertz CT molecular complexity index is 549. The second-order valence-electron chi connectivity index (χ2n) is 4.49. The Balaban J connectivity index is 2.41. The zero-order chi connectivity index (χ0) is 13.8. The molecule has 0 aliphatic carbocycles. The number of nitrogens with one attached hydrogen (secondary N) is 1. The van der Waals surface area contributed by atoms with Crippen LogP contribution in [-0.4, -0.2) is 23.6 Å². The molecule has 1 heterocycles. The third-order valence-electron chi connectivity index (χ3n) is 3.02. The molecule has 0 fully saturated rings. The minimum absolute atomic E-state index is 0.771. The highest BCUT2D eigenvalue weighted by atomic mass is 15.2. The van der Waals surface area contributed by atoms with Crippen molar-refractivity contribution < 1.29 is 0 Å². The molecule has 0 amide bonds. The van der Waals surface area contributed by atoms with E-state index in [1.807, 2.05) is 20.0 Å². The van der Waals surface area contributed by atoms with Crippen molar-refractivity contribution in [3.63, 3.8) is 0 Å². The monoisotopic (exact) mass is 256 g/mol. The zero-order valence-electron chi connectivity index (χ0n) is 11.9. The summed E-state index contributed by atoms with van der Waals surface area (Å²) >= 11 is 0. The Morgan fingerprint density at radius 3 is 2.37 bits per heavy atom. The van der Waals surface area contributed by atoms with Gasteiger partial charge in [-0.15, -0.1) is 0 Å². The highest BCUT2D eigenvalue weighted by Gasteiger charge is 2.10. The molecule has 0 radical (unpaired) electrons. The minimum atomic E-state index is 0.771. The van der Waals surface area contributed by atoms with Crippen molar-refractivity contribution in [2.75, 3.05) is 23.8 Å². The highest BCUT2D eigenvalue weighted by molar-refractivity contribution is 5.62. The first-order chi connectivity index (χ1) is 9.13. The van der Waals surface area contributed by atoms with Crippen LogP contribution in [-0.2, 0) is 0 Å². The fourth-order valence-corrected chi connectivity index (χ4v) is 2.02. The first-order valence-electron chi connectivity index (χ1n) is 6.51. The fourth-order valence-electron chi connectivity index (χ4n) is 2.02. The van der Waals surface area contributed by atoms with Crippen molar-refractivity contribution in [2.24, 2.45) is 0 Å². The molecular formula is C15H20N4. The Hall–Kier alpha value is -2.10. The number of aryl methyl sites for hydroxylation is 2. The molecule has 4 nitrogen and oxygen atoms in total. The van der Waals surface area contributed by atoms with Crippen LogP contribution in [0.2, 0.25) is 0 Å². The number of hydrogen-bond acceptors (Lipinski definition) is 4. The standard InChI is InChI=1S/C15H20N4/c1-5-19(13-8-6-11(2)7-9-13)15-10-14(16-4)17-12(3)18-15/h6-10H,5H2,1-4H3,(H,16,17,18). The predicted molar refractivity (Wildman–Crippen MR) is 80.2 cm³/mol. The summed E-state index contributed by atoms with van der Waals surface area (Å²) in [5, 5.41) is 3.07. The van der Waals surface area contributed by atoms with Gasteiger partial charge in [0.1, 0.15) is 17.5 Å². The van der Waals surface area contributed by atoms with Gasteiger partial charge in [-0.25, -0.2) is 9.97 Å². The second kappa shape index (κ2) is 5.69. The van der Waals surface area contributed by atoms with E-state index in [1.165, 1.54) is 5.56 Å². The van der Waals surface area contributed by atoms with Crippen molar-refractivity contribution in [1.29, 1.82) is 0 Å². The van der Waals surface area contributed by atoms with Gasteiger partial charge in [0.15, 0.2) is 0 Å². The van der Waals surface area contributed by atoms with E-state index in [0.717, 1.165) is 29.7 Å². The quantitative estimate of drug-likeness (QED) is 0.911. The summed E-state index contributed by atoms with van der Waals surface area (Å²) in [6, 6.07) is 10.4. The van der Waals surface area contributed by atoms with Gasteiger partial charge in [0.25, 0.3) is 0 Å². The van der Waals surface area contributed by atoms with Crippen LogP contribution in [0.4, 0.5) is 17.3 Å². The van der Waals surface area contributed by atoms with Gasteiger partial charge < -0.3 is 10.2 Å². The highest BCUT2D eigenvalue weighted by Crippen LogP contribution is 2.25. The molecule has 1 N–H and O–H groups in total. The summed E-state index contributed by atoms with van der Waals surface area (Å²) in [4.78, 5) is 11.0. The smallest absolute Gasteiger partial charge is 0.138 e. The van der Waals surface area contributed by atoms with Gasteiger partial charge in [-0.3, -0.25) is 0 Å². The van der Waals surface area contributed by atoms with E-state index in [-0.39, 0.29) is 0 Å². The maximum Gasteiger partial charge on any atom is 0.138 e. The lowest BCUT2D eigenvalue weighted by Crippen LogP contribution is -2.18. The summed E-state index contributed by atoms with van der Waals surface area (Å²) in [5.41, 5.74) is 2.41. The second-order valence-corrected chi connectivity index (χ2v) is 4.49. The molecule has 0 aliphatic heterocycles. The predicted octanol–water partition coefficient (Wildman–Crippen LogP) is 3.29. The van der Waals surface area contributed by atoms with Gasteiger partial charge in [0.05, 0.1) is 0 Å². The van der Waals surface area contributed by atoms with E-state index in [1.54, 1.807) is 0 Å². The van der Waals surface area contributed by atoms with Gasteiger partial charge in [0, 0.05) is 25.3 Å². The Morgan fingerprint density at radius 2 is 1.79 bits per heavy atom. The normalized spacial score (nSPS) is 10.3. The van der Waals surface area contributed by atoms with Crippen LogP contribution in [0.25, 0.3) is 0 Å². The van der Waals surface area contributed by atoms with E-state index in [0.29, 0.717) is 0 Å². The topological polar surface area (TPSA) is 41.0 Å². The number of rotatable bonds is 4. The summed E-state index contributed by atoms with van der Waals surface area (Å²) in [6.45, 7) is 6.99. The molecule has 0 saturated carbocycles. The maximum atomic E-state index is 4.53. The maximum absolute atomic E-state index is 4.53. The Kier molecular flexibility index (Phi) is 4.00. The van der Waals surface area contributed by atoms with E-state index in [4.69, 9.17) is 0 Å². The minimum Gasteiger partial charge on any atom is -0.373 e. The van der Waals surface area contributed by atoms with Crippen molar-refractivity contribution in [1.82, 2.24) is 9.97 Å². The average molecular weight is 256 g/mol. The van der Waals surface area contributed by atoms with Crippen LogP contribution in [0.15, 0.2) is 30.3 Å². The van der Waals surface area contributed by atoms with Crippen molar-refractivity contribution in [3.8, 4) is 0 Å². The van der Waals surface area contributed by atoms with Gasteiger partial charge in [-0.2, -0.15) is 0 Å². The molecule has 0 atom stereocenters. The summed E-state index contributed by atoms with van der Waals surface area (Å²) in [7, 11) is 1.87. The number of aromatic nitrogens is 2.